The number of rotatable bonds is 18. The Balaban J connectivity index is 1.25. The number of aliphatic hydroxyl groups excluding tert-OH is 1. The Labute approximate surface area is 384 Å². The van der Waals surface area contributed by atoms with Gasteiger partial charge in [-0.2, -0.15) is 26.3 Å². The Morgan fingerprint density at radius 1 is 0.716 bits per heavy atom. The van der Waals surface area contributed by atoms with Crippen LogP contribution < -0.4 is 21.3 Å². The molecule has 0 spiro atoms. The van der Waals surface area contributed by atoms with Crippen molar-refractivity contribution in [2.75, 3.05) is 23.8 Å². The van der Waals surface area contributed by atoms with E-state index in [1.165, 1.54) is 18.6 Å². The third-order valence-corrected chi connectivity index (χ3v) is 11.7. The summed E-state index contributed by atoms with van der Waals surface area (Å²) in [6.45, 7) is 3.54. The smallest absolute Gasteiger partial charge is 0.416 e. The minimum Gasteiger partial charge on any atom is -0.440 e. The standard InChI is InChI=1S/C47H58F6N4O10/c1-3-5-6-7-8-9-10-14-23-36(58)57-37-34(4-2)62-26-33(56-44(60)54-31-21-15-19-29(24-31)46(48,49)50)39(37)65-43-38(59)41(67-45(61)55-32-22-16-20-30(25-32)47(51,52)53)40-35(64-43)27-63-42(66-40)28-17-12-11-13-18-28/h11-13,15-22,24-25,33-35,37-43,59H,3-10,14,23,26-27H2,1-2H3,(H,55,61)(H,57,58)(H2,54,56,60)/t33?,34?,35?,37-,38?,39+,40-,41+,42?,43+/m0/s1. The summed E-state index contributed by atoms with van der Waals surface area (Å²) in [6, 6.07) is 13.5. The van der Waals surface area contributed by atoms with E-state index in [4.69, 9.17) is 28.4 Å². The van der Waals surface area contributed by atoms with Crippen LogP contribution in [0.1, 0.15) is 101 Å². The van der Waals surface area contributed by atoms with Crippen molar-refractivity contribution in [1.29, 1.82) is 0 Å². The van der Waals surface area contributed by atoms with Crippen molar-refractivity contribution >= 4 is 29.4 Å². The summed E-state index contributed by atoms with van der Waals surface area (Å²) in [5.74, 6) is -0.348. The molecule has 3 aromatic rings. The molecule has 14 nitrogen and oxygen atoms in total. The summed E-state index contributed by atoms with van der Waals surface area (Å²) in [5, 5.41) is 22.4. The van der Waals surface area contributed by atoms with Crippen molar-refractivity contribution in [3.63, 3.8) is 0 Å². The van der Waals surface area contributed by atoms with Crippen LogP contribution in [-0.2, 0) is 45.6 Å². The molecule has 0 saturated carbocycles. The molecular weight excluding hydrogens is 895 g/mol. The number of halogens is 6. The number of hydrogen-bond acceptors (Lipinski definition) is 10. The summed E-state index contributed by atoms with van der Waals surface area (Å²) in [6.07, 6.45) is -12.6. The number of benzene rings is 3. The minimum absolute atomic E-state index is 0.156. The lowest BCUT2D eigenvalue weighted by atomic mass is 9.92. The highest BCUT2D eigenvalue weighted by Crippen LogP contribution is 2.38. The van der Waals surface area contributed by atoms with Gasteiger partial charge in [0.25, 0.3) is 0 Å². The van der Waals surface area contributed by atoms with Gasteiger partial charge in [-0.05, 0) is 49.2 Å². The molecule has 3 saturated heterocycles. The predicted octanol–water partition coefficient (Wildman–Crippen LogP) is 9.24. The molecule has 5 N–H and O–H groups in total. The van der Waals surface area contributed by atoms with Crippen LogP contribution in [0.25, 0.3) is 0 Å². The van der Waals surface area contributed by atoms with E-state index in [0.717, 1.165) is 68.9 Å². The zero-order valence-electron chi connectivity index (χ0n) is 37.2. The summed E-state index contributed by atoms with van der Waals surface area (Å²) in [5.41, 5.74) is -1.87. The largest absolute Gasteiger partial charge is 0.440 e. The third-order valence-electron chi connectivity index (χ3n) is 11.7. The highest BCUT2D eigenvalue weighted by atomic mass is 19.4. The van der Waals surface area contributed by atoms with E-state index in [1.54, 1.807) is 37.3 Å². The van der Waals surface area contributed by atoms with Crippen LogP contribution in [-0.4, -0.2) is 91.3 Å². The molecule has 0 aromatic heterocycles. The molecule has 10 atom stereocenters. The number of ether oxygens (including phenoxy) is 6. The first-order chi connectivity index (χ1) is 32.0. The summed E-state index contributed by atoms with van der Waals surface area (Å²) in [7, 11) is 0. The summed E-state index contributed by atoms with van der Waals surface area (Å²) in [4.78, 5) is 40.6. The zero-order chi connectivity index (χ0) is 48.1. The Hall–Kier alpha value is -4.99. The van der Waals surface area contributed by atoms with Gasteiger partial charge in [-0.3, -0.25) is 10.1 Å². The van der Waals surface area contributed by atoms with Crippen LogP contribution >= 0.6 is 0 Å². The van der Waals surface area contributed by atoms with E-state index in [0.29, 0.717) is 24.5 Å². The summed E-state index contributed by atoms with van der Waals surface area (Å²) >= 11 is 0. The molecular formula is C47H58F6N4O10. The van der Waals surface area contributed by atoms with Crippen molar-refractivity contribution in [3.05, 3.63) is 95.6 Å². The van der Waals surface area contributed by atoms with E-state index in [1.807, 2.05) is 0 Å². The fourth-order valence-corrected chi connectivity index (χ4v) is 8.31. The number of nitrogens with one attached hydrogen (secondary N) is 4. The maximum Gasteiger partial charge on any atom is 0.416 e. The molecule has 5 unspecified atom stereocenters. The molecule has 3 aliphatic heterocycles. The van der Waals surface area contributed by atoms with Crippen LogP contribution in [0.2, 0.25) is 0 Å². The highest BCUT2D eigenvalue weighted by molar-refractivity contribution is 5.89. The second kappa shape index (κ2) is 23.8. The van der Waals surface area contributed by atoms with Crippen LogP contribution in [0.3, 0.4) is 0 Å². The maximum atomic E-state index is 13.6. The Bertz CT molecular complexity index is 2070. The van der Waals surface area contributed by atoms with Gasteiger partial charge < -0.3 is 49.5 Å². The lowest BCUT2D eigenvalue weighted by Gasteiger charge is -2.49. The number of anilines is 2. The Morgan fingerprint density at radius 3 is 1.97 bits per heavy atom. The molecule has 67 heavy (non-hydrogen) atoms. The van der Waals surface area contributed by atoms with Gasteiger partial charge in [0.15, 0.2) is 18.7 Å². The van der Waals surface area contributed by atoms with Crippen molar-refractivity contribution in [2.24, 2.45) is 0 Å². The first-order valence-corrected chi connectivity index (χ1v) is 22.7. The zero-order valence-corrected chi connectivity index (χ0v) is 37.2. The van der Waals surface area contributed by atoms with Crippen molar-refractivity contribution in [2.45, 2.75) is 152 Å². The van der Waals surface area contributed by atoms with Gasteiger partial charge in [0.2, 0.25) is 5.91 Å². The van der Waals surface area contributed by atoms with Crippen LogP contribution in [0.4, 0.5) is 47.3 Å². The van der Waals surface area contributed by atoms with Gasteiger partial charge in [0, 0.05) is 23.4 Å². The van der Waals surface area contributed by atoms with Crippen molar-refractivity contribution < 1.29 is 74.3 Å². The SMILES string of the molecule is CCCCCCCCCCC(=O)N[C@H]1C(CC)OCC(NC(=O)Nc2cccc(C(F)(F)F)c2)[C@H]1O[C@H]1OC2COC(c3ccccc3)O[C@@H]2[C@H](OC(=O)Nc2cccc(C(F)(F)F)c2)C1O. The molecule has 20 heteroatoms. The number of fused-ring (bicyclic) bond motifs is 1. The quantitative estimate of drug-likeness (QED) is 0.0611. The van der Waals surface area contributed by atoms with Crippen LogP contribution in [0.15, 0.2) is 78.9 Å². The molecule has 3 fully saturated rings. The number of carbonyl (C=O) groups excluding carboxylic acids is 3. The van der Waals surface area contributed by atoms with E-state index in [-0.39, 0.29) is 36.9 Å². The number of unbranched alkanes of at least 4 members (excludes halogenated alkanes) is 7. The molecule has 0 radical (unpaired) electrons. The lowest BCUT2D eigenvalue weighted by molar-refractivity contribution is -0.369. The molecule has 4 amide bonds. The fraction of sp³-hybridized carbons (Fsp3) is 0.553. The Morgan fingerprint density at radius 2 is 1.34 bits per heavy atom. The van der Waals surface area contributed by atoms with Gasteiger partial charge in [-0.15, -0.1) is 0 Å². The average Bonchev–Trinajstić information content (AvgIpc) is 3.29. The number of alkyl halides is 6. The van der Waals surface area contributed by atoms with Gasteiger partial charge >= 0.3 is 24.5 Å². The van der Waals surface area contributed by atoms with Crippen LogP contribution in [0, 0.1) is 0 Å². The first kappa shape index (κ1) is 51.4. The van der Waals surface area contributed by atoms with E-state index in [9.17, 15) is 45.8 Å². The van der Waals surface area contributed by atoms with Gasteiger partial charge in [-0.1, -0.05) is 101 Å². The molecule has 3 heterocycles. The summed E-state index contributed by atoms with van der Waals surface area (Å²) < 4.78 is 118. The Kier molecular flexibility index (Phi) is 18.3. The van der Waals surface area contributed by atoms with Gasteiger partial charge in [0.1, 0.15) is 24.4 Å². The van der Waals surface area contributed by atoms with E-state index in [2.05, 4.69) is 28.2 Å². The highest BCUT2D eigenvalue weighted by Gasteiger charge is 2.54. The molecule has 3 aromatic carbocycles. The molecule has 6 rings (SSSR count). The van der Waals surface area contributed by atoms with E-state index < -0.39 is 96.9 Å². The number of carbonyl (C=O) groups is 3. The number of hydrogen-bond donors (Lipinski definition) is 5. The van der Waals surface area contributed by atoms with Crippen molar-refractivity contribution in [3.8, 4) is 0 Å². The second-order valence-corrected chi connectivity index (χ2v) is 16.8. The van der Waals surface area contributed by atoms with Gasteiger partial charge in [0.05, 0.1) is 42.5 Å². The number of amides is 4. The second-order valence-electron chi connectivity index (χ2n) is 16.8. The van der Waals surface area contributed by atoms with Gasteiger partial charge in [-0.25, -0.2) is 9.59 Å². The molecule has 0 aliphatic carbocycles. The van der Waals surface area contributed by atoms with E-state index >= 15 is 0 Å². The average molecular weight is 953 g/mol. The monoisotopic (exact) mass is 952 g/mol. The number of urea groups is 1. The normalized spacial score (nSPS) is 26.5. The topological polar surface area (TPSA) is 175 Å². The fourth-order valence-electron chi connectivity index (χ4n) is 8.31. The third kappa shape index (κ3) is 14.5. The maximum absolute atomic E-state index is 13.6. The van der Waals surface area contributed by atoms with Crippen molar-refractivity contribution in [1.82, 2.24) is 10.6 Å². The van der Waals surface area contributed by atoms with Crippen LogP contribution in [0.5, 0.6) is 0 Å². The number of aliphatic hydroxyl groups is 1. The predicted molar refractivity (Wildman–Crippen MR) is 231 cm³/mol. The first-order valence-electron chi connectivity index (χ1n) is 22.7. The minimum atomic E-state index is -4.71. The molecule has 368 valence electrons. The molecule has 3 aliphatic rings. The molecule has 0 bridgehead atoms. The lowest BCUT2D eigenvalue weighted by Crippen LogP contribution is -2.69.